The van der Waals surface area contributed by atoms with Crippen molar-refractivity contribution in [3.63, 3.8) is 0 Å². The molecule has 1 fully saturated rings. The number of rotatable bonds is 5. The number of ether oxygens (including phenoxy) is 2. The van der Waals surface area contributed by atoms with E-state index in [1.165, 1.54) is 11.1 Å². The van der Waals surface area contributed by atoms with Gasteiger partial charge in [-0.3, -0.25) is 0 Å². The van der Waals surface area contributed by atoms with Gasteiger partial charge in [-0.1, -0.05) is 24.3 Å². The van der Waals surface area contributed by atoms with Gasteiger partial charge in [0.15, 0.2) is 0 Å². The zero-order chi connectivity index (χ0) is 14.6. The highest BCUT2D eigenvalue weighted by Crippen LogP contribution is 2.34. The molecule has 0 spiro atoms. The van der Waals surface area contributed by atoms with Gasteiger partial charge in [0.05, 0.1) is 12.7 Å². The lowest BCUT2D eigenvalue weighted by Gasteiger charge is -2.26. The van der Waals surface area contributed by atoms with Crippen LogP contribution < -0.4 is 5.32 Å². The quantitative estimate of drug-likeness (QED) is 0.896. The first kappa shape index (κ1) is 15.5. The maximum Gasteiger partial charge on any atom is 0.0866 e. The van der Waals surface area contributed by atoms with Gasteiger partial charge in [0.1, 0.15) is 0 Å². The van der Waals surface area contributed by atoms with Gasteiger partial charge in [0.25, 0.3) is 0 Å². The third-order valence-electron chi connectivity index (χ3n) is 3.70. The Bertz CT molecular complexity index is 425. The molecule has 1 N–H and O–H groups in total. The van der Waals surface area contributed by atoms with E-state index in [4.69, 9.17) is 9.47 Å². The Balaban J connectivity index is 2.04. The lowest BCUT2D eigenvalue weighted by molar-refractivity contribution is 0.0887. The van der Waals surface area contributed by atoms with Gasteiger partial charge in [-0.05, 0) is 38.3 Å². The normalized spacial score (nSPS) is 23.2. The van der Waals surface area contributed by atoms with Crippen LogP contribution in [0.5, 0.6) is 0 Å². The van der Waals surface area contributed by atoms with Gasteiger partial charge in [0.2, 0.25) is 0 Å². The smallest absolute Gasteiger partial charge is 0.0866 e. The fourth-order valence-corrected chi connectivity index (χ4v) is 2.68. The lowest BCUT2D eigenvalue weighted by Crippen LogP contribution is -2.39. The van der Waals surface area contributed by atoms with Crippen molar-refractivity contribution in [2.24, 2.45) is 5.92 Å². The molecule has 1 heterocycles. The summed E-state index contributed by atoms with van der Waals surface area (Å²) in [5.74, 6) is 0.548. The maximum atomic E-state index is 5.97. The fraction of sp³-hybridized carbons (Fsp3) is 0.647. The molecule has 0 aliphatic carbocycles. The largest absolute Gasteiger partial charge is 0.380 e. The summed E-state index contributed by atoms with van der Waals surface area (Å²) < 4.78 is 11.2. The number of hydrogen-bond acceptors (Lipinski definition) is 3. The van der Waals surface area contributed by atoms with Crippen molar-refractivity contribution in [2.45, 2.75) is 45.4 Å². The van der Waals surface area contributed by atoms with Crippen LogP contribution in [0.1, 0.15) is 44.4 Å². The van der Waals surface area contributed by atoms with Gasteiger partial charge in [0, 0.05) is 31.7 Å². The molecule has 1 saturated heterocycles. The molecule has 2 unspecified atom stereocenters. The minimum Gasteiger partial charge on any atom is -0.380 e. The van der Waals surface area contributed by atoms with Gasteiger partial charge >= 0.3 is 0 Å². The van der Waals surface area contributed by atoms with Crippen molar-refractivity contribution >= 4 is 0 Å². The van der Waals surface area contributed by atoms with Crippen LogP contribution in [0.15, 0.2) is 24.3 Å². The second-order valence-corrected chi connectivity index (χ2v) is 6.65. The molecule has 0 bridgehead atoms. The summed E-state index contributed by atoms with van der Waals surface area (Å²) in [5, 5.41) is 3.60. The van der Waals surface area contributed by atoms with Gasteiger partial charge < -0.3 is 14.8 Å². The van der Waals surface area contributed by atoms with Crippen LogP contribution in [-0.2, 0) is 16.1 Å². The van der Waals surface area contributed by atoms with Crippen LogP contribution in [0.4, 0.5) is 0 Å². The van der Waals surface area contributed by atoms with Gasteiger partial charge in [-0.2, -0.15) is 0 Å². The molecule has 0 amide bonds. The Morgan fingerprint density at radius 3 is 2.85 bits per heavy atom. The Hall–Kier alpha value is -0.900. The molecule has 3 nitrogen and oxygen atoms in total. The molecule has 20 heavy (non-hydrogen) atoms. The standard InChI is InChI=1S/C17H27NO2/c1-17(2,3)18-11-15-8-9-20-16(15)14-7-5-6-13(10-14)12-19-4/h5-7,10,15-16,18H,8-9,11-12H2,1-4H3. The third-order valence-corrected chi connectivity index (χ3v) is 3.70. The SMILES string of the molecule is COCc1cccc(C2OCCC2CNC(C)(C)C)c1. The molecule has 1 aromatic rings. The van der Waals surface area contributed by atoms with Crippen LogP contribution in [0.2, 0.25) is 0 Å². The minimum absolute atomic E-state index is 0.158. The highest BCUT2D eigenvalue weighted by atomic mass is 16.5. The molecular formula is C17H27NO2. The molecule has 1 aromatic carbocycles. The van der Waals surface area contributed by atoms with Crippen LogP contribution in [-0.4, -0.2) is 25.8 Å². The van der Waals surface area contributed by atoms with E-state index in [0.717, 1.165) is 19.6 Å². The van der Waals surface area contributed by atoms with E-state index in [1.807, 2.05) is 0 Å². The fourth-order valence-electron chi connectivity index (χ4n) is 2.68. The Kier molecular flexibility index (Phi) is 5.19. The Morgan fingerprint density at radius 2 is 2.15 bits per heavy atom. The molecule has 112 valence electrons. The van der Waals surface area contributed by atoms with Crippen molar-refractivity contribution in [1.29, 1.82) is 0 Å². The van der Waals surface area contributed by atoms with E-state index in [0.29, 0.717) is 12.5 Å². The Labute approximate surface area is 122 Å². The highest BCUT2D eigenvalue weighted by molar-refractivity contribution is 5.26. The van der Waals surface area contributed by atoms with E-state index >= 15 is 0 Å². The predicted molar refractivity (Wildman–Crippen MR) is 81.7 cm³/mol. The molecule has 1 aliphatic heterocycles. The monoisotopic (exact) mass is 277 g/mol. The zero-order valence-corrected chi connectivity index (χ0v) is 13.1. The summed E-state index contributed by atoms with van der Waals surface area (Å²) in [4.78, 5) is 0. The number of benzene rings is 1. The summed E-state index contributed by atoms with van der Waals surface area (Å²) in [5.41, 5.74) is 2.64. The molecule has 3 heteroatoms. The maximum absolute atomic E-state index is 5.97. The van der Waals surface area contributed by atoms with Crippen LogP contribution in [0.3, 0.4) is 0 Å². The average molecular weight is 277 g/mol. The van der Waals surface area contributed by atoms with Crippen molar-refractivity contribution in [3.05, 3.63) is 35.4 Å². The lowest BCUT2D eigenvalue weighted by atomic mass is 9.93. The van der Waals surface area contributed by atoms with E-state index < -0.39 is 0 Å². The number of nitrogens with one attached hydrogen (secondary N) is 1. The first-order valence-corrected chi connectivity index (χ1v) is 7.44. The second-order valence-electron chi connectivity index (χ2n) is 6.65. The molecule has 1 aliphatic rings. The summed E-state index contributed by atoms with van der Waals surface area (Å²) in [7, 11) is 1.73. The van der Waals surface area contributed by atoms with Crippen LogP contribution in [0, 0.1) is 5.92 Å². The summed E-state index contributed by atoms with van der Waals surface area (Å²) in [6, 6.07) is 8.58. The summed E-state index contributed by atoms with van der Waals surface area (Å²) in [6.07, 6.45) is 1.34. The van der Waals surface area contributed by atoms with Crippen molar-refractivity contribution < 1.29 is 9.47 Å². The zero-order valence-electron chi connectivity index (χ0n) is 13.1. The third kappa shape index (κ3) is 4.30. The van der Waals surface area contributed by atoms with E-state index in [2.05, 4.69) is 50.4 Å². The van der Waals surface area contributed by atoms with Crippen LogP contribution in [0.25, 0.3) is 0 Å². The number of methoxy groups -OCH3 is 1. The first-order valence-electron chi connectivity index (χ1n) is 7.44. The van der Waals surface area contributed by atoms with Crippen LogP contribution >= 0.6 is 0 Å². The Morgan fingerprint density at radius 1 is 1.35 bits per heavy atom. The van der Waals surface area contributed by atoms with E-state index in [1.54, 1.807) is 7.11 Å². The highest BCUT2D eigenvalue weighted by Gasteiger charge is 2.30. The molecular weight excluding hydrogens is 250 g/mol. The van der Waals surface area contributed by atoms with Crippen molar-refractivity contribution in [2.75, 3.05) is 20.3 Å². The summed E-state index contributed by atoms with van der Waals surface area (Å²) >= 11 is 0. The molecule has 2 atom stereocenters. The van der Waals surface area contributed by atoms with Crippen molar-refractivity contribution in [3.8, 4) is 0 Å². The van der Waals surface area contributed by atoms with E-state index in [-0.39, 0.29) is 11.6 Å². The molecule has 2 rings (SSSR count). The summed E-state index contributed by atoms with van der Waals surface area (Å²) in [6.45, 7) is 9.13. The predicted octanol–water partition coefficient (Wildman–Crippen LogP) is 3.30. The first-order chi connectivity index (χ1) is 9.49. The second kappa shape index (κ2) is 6.70. The molecule has 0 saturated carbocycles. The van der Waals surface area contributed by atoms with Gasteiger partial charge in [-0.15, -0.1) is 0 Å². The average Bonchev–Trinajstić information content (AvgIpc) is 2.84. The number of hydrogen-bond donors (Lipinski definition) is 1. The van der Waals surface area contributed by atoms with E-state index in [9.17, 15) is 0 Å². The van der Waals surface area contributed by atoms with Gasteiger partial charge in [-0.25, -0.2) is 0 Å². The minimum atomic E-state index is 0.158. The molecule has 0 aromatic heterocycles. The molecule has 0 radical (unpaired) electrons. The van der Waals surface area contributed by atoms with Crippen molar-refractivity contribution in [1.82, 2.24) is 5.32 Å². The topological polar surface area (TPSA) is 30.5 Å².